The van der Waals surface area contributed by atoms with Crippen molar-refractivity contribution in [3.05, 3.63) is 36.0 Å². The molecule has 1 N–H and O–H groups in total. The summed E-state index contributed by atoms with van der Waals surface area (Å²) < 4.78 is 5.28. The molecule has 2 aromatic rings. The highest BCUT2D eigenvalue weighted by Crippen LogP contribution is 2.29. The first-order chi connectivity index (χ1) is 8.68. The number of fused-ring (bicyclic) bond motifs is 1. The number of pyridine rings is 1. The lowest BCUT2D eigenvalue weighted by atomic mass is 9.88. The Balaban J connectivity index is 1.89. The maximum Gasteiger partial charge on any atom is 0.0751 e. The zero-order valence-electron chi connectivity index (χ0n) is 10.9. The molecule has 1 fully saturated rings. The number of nitrogens with one attached hydrogen (secondary N) is 1. The van der Waals surface area contributed by atoms with Gasteiger partial charge in [-0.1, -0.05) is 25.1 Å². The molecule has 1 aromatic heterocycles. The summed E-state index contributed by atoms with van der Waals surface area (Å²) in [4.78, 5) is 4.46. The van der Waals surface area contributed by atoms with Crippen LogP contribution in [0.15, 0.2) is 30.5 Å². The van der Waals surface area contributed by atoms with Gasteiger partial charge in [-0.2, -0.15) is 0 Å². The first-order valence-corrected chi connectivity index (χ1v) is 6.34. The van der Waals surface area contributed by atoms with Crippen LogP contribution in [0.3, 0.4) is 0 Å². The largest absolute Gasteiger partial charge is 0.384 e. The van der Waals surface area contributed by atoms with E-state index in [4.69, 9.17) is 4.74 Å². The van der Waals surface area contributed by atoms with E-state index in [1.807, 2.05) is 12.3 Å². The lowest BCUT2D eigenvalue weighted by Crippen LogP contribution is -2.45. The van der Waals surface area contributed by atoms with Crippen molar-refractivity contribution in [2.45, 2.75) is 13.8 Å². The van der Waals surface area contributed by atoms with Crippen LogP contribution >= 0.6 is 0 Å². The molecule has 0 unspecified atom stereocenters. The van der Waals surface area contributed by atoms with Crippen molar-refractivity contribution in [1.29, 1.82) is 0 Å². The molecule has 1 aromatic carbocycles. The van der Waals surface area contributed by atoms with Gasteiger partial charge in [0.25, 0.3) is 0 Å². The third-order valence-corrected chi connectivity index (χ3v) is 3.58. The molecule has 1 saturated heterocycles. The predicted octanol–water partition coefficient (Wildman–Crippen LogP) is 2.99. The molecule has 94 valence electrons. The quantitative estimate of drug-likeness (QED) is 0.898. The van der Waals surface area contributed by atoms with Gasteiger partial charge in [0, 0.05) is 29.2 Å². The first-order valence-electron chi connectivity index (χ1n) is 6.34. The molecular formula is C15H18N2O. The Morgan fingerprint density at radius 3 is 2.89 bits per heavy atom. The van der Waals surface area contributed by atoms with E-state index in [-0.39, 0.29) is 5.41 Å². The third-order valence-electron chi connectivity index (χ3n) is 3.58. The molecular weight excluding hydrogens is 224 g/mol. The second kappa shape index (κ2) is 4.25. The van der Waals surface area contributed by atoms with E-state index in [0.29, 0.717) is 0 Å². The zero-order valence-corrected chi connectivity index (χ0v) is 10.9. The molecule has 18 heavy (non-hydrogen) atoms. The minimum Gasteiger partial charge on any atom is -0.384 e. The third kappa shape index (κ3) is 1.95. The predicted molar refractivity (Wildman–Crippen MR) is 73.9 cm³/mol. The average molecular weight is 242 g/mol. The van der Waals surface area contributed by atoms with Crippen molar-refractivity contribution >= 4 is 16.6 Å². The van der Waals surface area contributed by atoms with E-state index in [0.717, 1.165) is 31.0 Å². The van der Waals surface area contributed by atoms with Gasteiger partial charge in [0.15, 0.2) is 0 Å². The normalized spacial score (nSPS) is 17.4. The van der Waals surface area contributed by atoms with Gasteiger partial charge < -0.3 is 10.1 Å². The Morgan fingerprint density at radius 1 is 1.33 bits per heavy atom. The fraction of sp³-hybridized carbons (Fsp3) is 0.400. The molecule has 2 heterocycles. The topological polar surface area (TPSA) is 34.1 Å². The smallest absolute Gasteiger partial charge is 0.0751 e. The Labute approximate surface area is 107 Å². The fourth-order valence-electron chi connectivity index (χ4n) is 2.34. The number of aryl methyl sites for hydroxylation is 1. The second-order valence-corrected chi connectivity index (χ2v) is 5.49. The van der Waals surface area contributed by atoms with Crippen LogP contribution in [-0.4, -0.2) is 24.7 Å². The standard InChI is InChI=1S/C15H18N2O/c1-11-4-3-5-12-13(6-7-16-14(11)12)17-8-15(2)9-18-10-15/h3-7H,8-10H2,1-2H3,(H,16,17). The summed E-state index contributed by atoms with van der Waals surface area (Å²) in [5.41, 5.74) is 3.74. The summed E-state index contributed by atoms with van der Waals surface area (Å²) in [6.45, 7) is 6.99. The Kier molecular flexibility index (Phi) is 2.71. The number of benzene rings is 1. The summed E-state index contributed by atoms with van der Waals surface area (Å²) in [6, 6.07) is 8.35. The average Bonchev–Trinajstić information content (AvgIpc) is 2.35. The number of para-hydroxylation sites is 1. The molecule has 3 rings (SSSR count). The van der Waals surface area contributed by atoms with Crippen molar-refractivity contribution in [3.8, 4) is 0 Å². The van der Waals surface area contributed by atoms with Crippen LogP contribution in [0.5, 0.6) is 0 Å². The highest BCUT2D eigenvalue weighted by atomic mass is 16.5. The monoisotopic (exact) mass is 242 g/mol. The Hall–Kier alpha value is -1.61. The van der Waals surface area contributed by atoms with Crippen molar-refractivity contribution in [3.63, 3.8) is 0 Å². The van der Waals surface area contributed by atoms with Gasteiger partial charge in [-0.05, 0) is 18.6 Å². The molecule has 0 atom stereocenters. The molecule has 0 saturated carbocycles. The van der Waals surface area contributed by atoms with E-state index < -0.39 is 0 Å². The van der Waals surface area contributed by atoms with Crippen molar-refractivity contribution in [2.24, 2.45) is 5.41 Å². The van der Waals surface area contributed by atoms with Crippen molar-refractivity contribution in [2.75, 3.05) is 25.1 Å². The number of anilines is 1. The molecule has 0 bridgehead atoms. The van der Waals surface area contributed by atoms with Gasteiger partial charge in [-0.15, -0.1) is 0 Å². The summed E-state index contributed by atoms with van der Waals surface area (Å²) in [5, 5.41) is 4.73. The van der Waals surface area contributed by atoms with Crippen molar-refractivity contribution in [1.82, 2.24) is 4.98 Å². The minimum atomic E-state index is 0.277. The molecule has 0 radical (unpaired) electrons. The first kappa shape index (κ1) is 11.5. The molecule has 1 aliphatic rings. The number of ether oxygens (including phenoxy) is 1. The summed E-state index contributed by atoms with van der Waals surface area (Å²) in [6.07, 6.45) is 1.87. The van der Waals surface area contributed by atoms with Crippen LogP contribution in [0.2, 0.25) is 0 Å². The van der Waals surface area contributed by atoms with Crippen LogP contribution in [-0.2, 0) is 4.74 Å². The van der Waals surface area contributed by atoms with Crippen LogP contribution in [0.4, 0.5) is 5.69 Å². The highest BCUT2D eigenvalue weighted by molar-refractivity contribution is 5.92. The maximum absolute atomic E-state index is 5.28. The summed E-state index contributed by atoms with van der Waals surface area (Å²) >= 11 is 0. The van der Waals surface area contributed by atoms with Crippen LogP contribution < -0.4 is 5.32 Å². The molecule has 3 nitrogen and oxygen atoms in total. The lowest BCUT2D eigenvalue weighted by Gasteiger charge is -2.38. The molecule has 1 aliphatic heterocycles. The summed E-state index contributed by atoms with van der Waals surface area (Å²) in [5.74, 6) is 0. The molecule has 3 heteroatoms. The van der Waals surface area contributed by atoms with Gasteiger partial charge in [0.2, 0.25) is 0 Å². The number of hydrogen-bond donors (Lipinski definition) is 1. The fourth-order valence-corrected chi connectivity index (χ4v) is 2.34. The molecule has 0 aliphatic carbocycles. The SMILES string of the molecule is Cc1cccc2c(NCC3(C)COC3)ccnc12. The van der Waals surface area contributed by atoms with Crippen molar-refractivity contribution < 1.29 is 4.74 Å². The van der Waals surface area contributed by atoms with E-state index in [1.54, 1.807) is 0 Å². The van der Waals surface area contributed by atoms with E-state index >= 15 is 0 Å². The van der Waals surface area contributed by atoms with Crippen LogP contribution in [0, 0.1) is 12.3 Å². The van der Waals surface area contributed by atoms with Gasteiger partial charge in [-0.25, -0.2) is 0 Å². The van der Waals surface area contributed by atoms with Gasteiger partial charge >= 0.3 is 0 Å². The Morgan fingerprint density at radius 2 is 2.17 bits per heavy atom. The number of nitrogens with zero attached hydrogens (tertiary/aromatic N) is 1. The Bertz CT molecular complexity index is 576. The van der Waals surface area contributed by atoms with Gasteiger partial charge in [0.05, 0.1) is 18.7 Å². The van der Waals surface area contributed by atoms with Crippen LogP contribution in [0.1, 0.15) is 12.5 Å². The zero-order chi connectivity index (χ0) is 12.6. The number of aromatic nitrogens is 1. The van der Waals surface area contributed by atoms with Gasteiger partial charge in [0.1, 0.15) is 0 Å². The second-order valence-electron chi connectivity index (χ2n) is 5.49. The molecule has 0 amide bonds. The minimum absolute atomic E-state index is 0.277. The van der Waals surface area contributed by atoms with E-state index in [2.05, 4.69) is 42.3 Å². The van der Waals surface area contributed by atoms with Gasteiger partial charge in [-0.3, -0.25) is 4.98 Å². The lowest BCUT2D eigenvalue weighted by molar-refractivity contribution is -0.0924. The number of hydrogen-bond acceptors (Lipinski definition) is 3. The number of rotatable bonds is 3. The van der Waals surface area contributed by atoms with E-state index in [1.165, 1.54) is 10.9 Å². The van der Waals surface area contributed by atoms with Crippen LogP contribution in [0.25, 0.3) is 10.9 Å². The summed E-state index contributed by atoms with van der Waals surface area (Å²) in [7, 11) is 0. The van der Waals surface area contributed by atoms with E-state index in [9.17, 15) is 0 Å². The highest BCUT2D eigenvalue weighted by Gasteiger charge is 2.33. The maximum atomic E-state index is 5.28. The molecule has 0 spiro atoms.